The van der Waals surface area contributed by atoms with Gasteiger partial charge in [-0.25, -0.2) is 0 Å². The summed E-state index contributed by atoms with van der Waals surface area (Å²) in [4.78, 5) is 10.9. The fourth-order valence-corrected chi connectivity index (χ4v) is 1.23. The zero-order valence-corrected chi connectivity index (χ0v) is 8.13. The Labute approximate surface area is 80.1 Å². The molecule has 0 aliphatic heterocycles. The molecule has 1 rings (SSSR count). The average Bonchev–Trinajstić information content (AvgIpc) is 2.57. The van der Waals surface area contributed by atoms with E-state index in [2.05, 4.69) is 15.5 Å². The van der Waals surface area contributed by atoms with Gasteiger partial charge in [-0.2, -0.15) is 0 Å². The van der Waals surface area contributed by atoms with Crippen molar-refractivity contribution in [1.29, 1.82) is 0 Å². The van der Waals surface area contributed by atoms with E-state index < -0.39 is 0 Å². The van der Waals surface area contributed by atoms with Crippen molar-refractivity contribution in [3.63, 3.8) is 0 Å². The summed E-state index contributed by atoms with van der Waals surface area (Å²) in [6, 6.07) is 0. The summed E-state index contributed by atoms with van der Waals surface area (Å²) < 4.78 is 4.75. The smallest absolute Gasteiger partial charge is 0.307 e. The Balaban J connectivity index is 2.11. The van der Waals surface area contributed by atoms with Crippen LogP contribution in [0.2, 0.25) is 0 Å². The zero-order valence-electron chi connectivity index (χ0n) is 7.32. The van der Waals surface area contributed by atoms with E-state index in [0.29, 0.717) is 19.6 Å². The third-order valence-corrected chi connectivity index (χ3v) is 1.92. The molecule has 0 atom stereocenters. The van der Waals surface area contributed by atoms with Crippen LogP contribution in [0.4, 0.5) is 5.13 Å². The maximum absolute atomic E-state index is 10.9. The molecule has 0 unspecified atom stereocenters. The predicted octanol–water partition coefficient (Wildman–Crippen LogP) is 0.903. The number of nitrogens with zero attached hydrogens (tertiary/aromatic N) is 2. The number of aromatic nitrogens is 2. The fourth-order valence-electron chi connectivity index (χ4n) is 0.755. The van der Waals surface area contributed by atoms with Crippen LogP contribution in [0.5, 0.6) is 0 Å². The van der Waals surface area contributed by atoms with Crippen molar-refractivity contribution in [2.24, 2.45) is 0 Å². The topological polar surface area (TPSA) is 64.1 Å². The molecule has 0 aliphatic rings. The molecule has 1 N–H and O–H groups in total. The fraction of sp³-hybridized carbons (Fsp3) is 0.571. The highest BCUT2D eigenvalue weighted by Gasteiger charge is 2.01. The van der Waals surface area contributed by atoms with E-state index >= 15 is 0 Å². The van der Waals surface area contributed by atoms with Gasteiger partial charge in [-0.3, -0.25) is 4.79 Å². The normalized spacial score (nSPS) is 9.62. The van der Waals surface area contributed by atoms with E-state index in [1.165, 1.54) is 11.3 Å². The molecule has 5 nitrogen and oxygen atoms in total. The van der Waals surface area contributed by atoms with Gasteiger partial charge in [-0.1, -0.05) is 11.3 Å². The Bertz CT molecular complexity index is 250. The molecule has 0 aromatic carbocycles. The molecule has 0 amide bonds. The highest BCUT2D eigenvalue weighted by Crippen LogP contribution is 2.07. The quantitative estimate of drug-likeness (QED) is 0.717. The summed E-state index contributed by atoms with van der Waals surface area (Å²) >= 11 is 1.40. The third kappa shape index (κ3) is 3.84. The summed E-state index contributed by atoms with van der Waals surface area (Å²) in [6.07, 6.45) is 0.355. The van der Waals surface area contributed by atoms with Crippen molar-refractivity contribution in [3.8, 4) is 0 Å². The molecular formula is C7H11N3O2S. The number of carbonyl (C=O) groups excluding carboxylic acids is 1. The van der Waals surface area contributed by atoms with Gasteiger partial charge >= 0.3 is 5.97 Å². The number of hydrogen-bond acceptors (Lipinski definition) is 6. The van der Waals surface area contributed by atoms with Crippen molar-refractivity contribution in [2.75, 3.05) is 18.5 Å². The Morgan fingerprint density at radius 2 is 2.62 bits per heavy atom. The van der Waals surface area contributed by atoms with Crippen molar-refractivity contribution in [1.82, 2.24) is 10.2 Å². The van der Waals surface area contributed by atoms with Gasteiger partial charge in [0.1, 0.15) is 5.51 Å². The minimum Gasteiger partial charge on any atom is -0.466 e. The Morgan fingerprint density at radius 1 is 1.77 bits per heavy atom. The molecule has 0 saturated heterocycles. The summed E-state index contributed by atoms with van der Waals surface area (Å²) in [6.45, 7) is 2.75. The standard InChI is InChI=1S/C7H11N3O2S/c1-2-12-6(11)3-4-8-7-10-9-5-13-7/h5H,2-4H2,1H3,(H,8,10). The van der Waals surface area contributed by atoms with Crippen LogP contribution in [-0.2, 0) is 9.53 Å². The van der Waals surface area contributed by atoms with Crippen molar-refractivity contribution >= 4 is 22.4 Å². The highest BCUT2D eigenvalue weighted by molar-refractivity contribution is 7.13. The van der Waals surface area contributed by atoms with Gasteiger partial charge in [0.05, 0.1) is 13.0 Å². The number of esters is 1. The predicted molar refractivity (Wildman–Crippen MR) is 49.6 cm³/mol. The molecule has 0 fully saturated rings. The first-order chi connectivity index (χ1) is 6.33. The van der Waals surface area contributed by atoms with E-state index in [4.69, 9.17) is 4.74 Å². The van der Waals surface area contributed by atoms with Gasteiger partial charge in [-0.05, 0) is 6.92 Å². The van der Waals surface area contributed by atoms with E-state index in [1.54, 1.807) is 12.4 Å². The van der Waals surface area contributed by atoms with E-state index in [-0.39, 0.29) is 5.97 Å². The first kappa shape index (κ1) is 9.91. The van der Waals surface area contributed by atoms with E-state index in [0.717, 1.165) is 5.13 Å². The Hall–Kier alpha value is -1.17. The Morgan fingerprint density at radius 3 is 3.23 bits per heavy atom. The van der Waals surface area contributed by atoms with Crippen molar-refractivity contribution < 1.29 is 9.53 Å². The molecule has 0 spiro atoms. The molecule has 6 heteroatoms. The second-order valence-electron chi connectivity index (χ2n) is 2.23. The van der Waals surface area contributed by atoms with E-state index in [1.807, 2.05) is 0 Å². The SMILES string of the molecule is CCOC(=O)CCNc1nncs1. The molecule has 13 heavy (non-hydrogen) atoms. The molecule has 0 radical (unpaired) electrons. The number of rotatable bonds is 5. The Kier molecular flexibility index (Phi) is 4.17. The lowest BCUT2D eigenvalue weighted by Crippen LogP contribution is -2.11. The van der Waals surface area contributed by atoms with Gasteiger partial charge < -0.3 is 10.1 Å². The van der Waals surface area contributed by atoms with Gasteiger partial charge in [0.25, 0.3) is 0 Å². The van der Waals surface area contributed by atoms with Crippen LogP contribution >= 0.6 is 11.3 Å². The van der Waals surface area contributed by atoms with Gasteiger partial charge in [0.15, 0.2) is 0 Å². The summed E-state index contributed by atoms with van der Waals surface area (Å²) in [5.41, 5.74) is 1.63. The largest absolute Gasteiger partial charge is 0.466 e. The summed E-state index contributed by atoms with van der Waals surface area (Å²) in [5, 5.41) is 11.1. The minimum atomic E-state index is -0.195. The minimum absolute atomic E-state index is 0.195. The van der Waals surface area contributed by atoms with Crippen LogP contribution in [0, 0.1) is 0 Å². The molecule has 1 aromatic rings. The molecule has 0 bridgehead atoms. The zero-order chi connectivity index (χ0) is 9.52. The number of ether oxygens (including phenoxy) is 1. The third-order valence-electron chi connectivity index (χ3n) is 1.27. The summed E-state index contributed by atoms with van der Waals surface area (Å²) in [7, 11) is 0. The van der Waals surface area contributed by atoms with Crippen LogP contribution in [0.25, 0.3) is 0 Å². The van der Waals surface area contributed by atoms with Gasteiger partial charge in [0, 0.05) is 6.54 Å². The maximum atomic E-state index is 10.9. The van der Waals surface area contributed by atoms with Crippen LogP contribution in [-0.4, -0.2) is 29.3 Å². The number of carbonyl (C=O) groups is 1. The number of nitrogens with one attached hydrogen (secondary N) is 1. The van der Waals surface area contributed by atoms with Crippen LogP contribution in [0.15, 0.2) is 5.51 Å². The van der Waals surface area contributed by atoms with Gasteiger partial charge in [0.2, 0.25) is 5.13 Å². The first-order valence-electron chi connectivity index (χ1n) is 3.98. The number of anilines is 1. The number of hydrogen-bond donors (Lipinski definition) is 1. The molecule has 72 valence electrons. The van der Waals surface area contributed by atoms with Crippen molar-refractivity contribution in [2.45, 2.75) is 13.3 Å². The van der Waals surface area contributed by atoms with Crippen molar-refractivity contribution in [3.05, 3.63) is 5.51 Å². The molecule has 0 saturated carbocycles. The second kappa shape index (κ2) is 5.47. The summed E-state index contributed by atoms with van der Waals surface area (Å²) in [5.74, 6) is -0.195. The lowest BCUT2D eigenvalue weighted by molar-refractivity contribution is -0.142. The molecular weight excluding hydrogens is 190 g/mol. The first-order valence-corrected chi connectivity index (χ1v) is 4.86. The van der Waals surface area contributed by atoms with Crippen LogP contribution in [0.1, 0.15) is 13.3 Å². The van der Waals surface area contributed by atoms with Crippen LogP contribution in [0.3, 0.4) is 0 Å². The van der Waals surface area contributed by atoms with E-state index in [9.17, 15) is 4.79 Å². The second-order valence-corrected chi connectivity index (χ2v) is 3.06. The molecule has 0 aliphatic carbocycles. The maximum Gasteiger partial charge on any atom is 0.307 e. The van der Waals surface area contributed by atoms with Crippen LogP contribution < -0.4 is 5.32 Å². The highest BCUT2D eigenvalue weighted by atomic mass is 32.1. The lowest BCUT2D eigenvalue weighted by Gasteiger charge is -2.01. The average molecular weight is 201 g/mol. The molecule has 1 aromatic heterocycles. The monoisotopic (exact) mass is 201 g/mol. The lowest BCUT2D eigenvalue weighted by atomic mass is 10.4. The van der Waals surface area contributed by atoms with Gasteiger partial charge in [-0.15, -0.1) is 10.2 Å². The molecule has 1 heterocycles.